The fourth-order valence-electron chi connectivity index (χ4n) is 2.27. The van der Waals surface area contributed by atoms with E-state index in [1.807, 2.05) is 0 Å². The normalized spacial score (nSPS) is 19.2. The quantitative estimate of drug-likeness (QED) is 0.761. The van der Waals surface area contributed by atoms with E-state index >= 15 is 0 Å². The summed E-state index contributed by atoms with van der Waals surface area (Å²) in [6.45, 7) is 3.89. The number of nitrogens with one attached hydrogen (secondary N) is 1. The lowest BCUT2D eigenvalue weighted by Crippen LogP contribution is -2.23. The number of fused-ring (bicyclic) bond motifs is 1. The maximum absolute atomic E-state index is 5.05. The molecular weight excluding hydrogens is 186 g/mol. The van der Waals surface area contributed by atoms with Gasteiger partial charge in [0.1, 0.15) is 0 Å². The zero-order valence-electron chi connectivity index (χ0n) is 9.55. The molecule has 0 bridgehead atoms. The molecule has 0 amide bonds. The first-order valence-electron chi connectivity index (χ1n) is 5.63. The molecule has 0 radical (unpaired) electrons. The molecule has 0 spiro atoms. The van der Waals surface area contributed by atoms with Gasteiger partial charge in [0.25, 0.3) is 0 Å². The molecule has 0 saturated heterocycles. The van der Waals surface area contributed by atoms with Gasteiger partial charge in [-0.2, -0.15) is 0 Å². The van der Waals surface area contributed by atoms with Gasteiger partial charge in [-0.3, -0.25) is 0 Å². The standard InChI is InChI=1S/C13H19NO/c1-10-3-4-11-5-6-13(12(11)9-10)14-7-8-15-2/h3-4,9,13-14H,5-8H2,1-2H3/t13-/m1/s1. The van der Waals surface area contributed by atoms with Crippen LogP contribution in [0.3, 0.4) is 0 Å². The zero-order chi connectivity index (χ0) is 10.7. The molecule has 2 nitrogen and oxygen atoms in total. The Labute approximate surface area is 91.6 Å². The van der Waals surface area contributed by atoms with Crippen molar-refractivity contribution in [2.75, 3.05) is 20.3 Å². The SMILES string of the molecule is COCCN[C@@H]1CCc2ccc(C)cc21. The molecule has 0 heterocycles. The molecule has 0 fully saturated rings. The second-order valence-electron chi connectivity index (χ2n) is 4.24. The third-order valence-electron chi connectivity index (χ3n) is 3.08. The van der Waals surface area contributed by atoms with Gasteiger partial charge in [-0.05, 0) is 30.9 Å². The van der Waals surface area contributed by atoms with E-state index in [1.54, 1.807) is 7.11 Å². The van der Waals surface area contributed by atoms with E-state index in [4.69, 9.17) is 4.74 Å². The van der Waals surface area contributed by atoms with Crippen molar-refractivity contribution in [2.24, 2.45) is 0 Å². The van der Waals surface area contributed by atoms with Gasteiger partial charge < -0.3 is 10.1 Å². The smallest absolute Gasteiger partial charge is 0.0587 e. The Bertz CT molecular complexity index is 335. The van der Waals surface area contributed by atoms with E-state index in [0.29, 0.717) is 6.04 Å². The Hall–Kier alpha value is -0.860. The number of aryl methyl sites for hydroxylation is 2. The molecule has 0 aromatic heterocycles. The Morgan fingerprint density at radius 1 is 1.47 bits per heavy atom. The molecule has 1 N–H and O–H groups in total. The summed E-state index contributed by atoms with van der Waals surface area (Å²) in [6, 6.07) is 7.32. The van der Waals surface area contributed by atoms with Crippen molar-refractivity contribution in [1.29, 1.82) is 0 Å². The van der Waals surface area contributed by atoms with E-state index < -0.39 is 0 Å². The summed E-state index contributed by atoms with van der Waals surface area (Å²) in [6.07, 6.45) is 2.43. The summed E-state index contributed by atoms with van der Waals surface area (Å²) >= 11 is 0. The van der Waals surface area contributed by atoms with Crippen molar-refractivity contribution in [3.63, 3.8) is 0 Å². The minimum atomic E-state index is 0.537. The van der Waals surface area contributed by atoms with Gasteiger partial charge in [0.15, 0.2) is 0 Å². The van der Waals surface area contributed by atoms with Crippen LogP contribution in [0.4, 0.5) is 0 Å². The summed E-state index contributed by atoms with van der Waals surface area (Å²) in [5, 5.41) is 3.54. The first kappa shape index (κ1) is 10.7. The van der Waals surface area contributed by atoms with Crippen molar-refractivity contribution >= 4 is 0 Å². The monoisotopic (exact) mass is 205 g/mol. The average Bonchev–Trinajstić information content (AvgIpc) is 2.62. The predicted molar refractivity (Wildman–Crippen MR) is 62.1 cm³/mol. The summed E-state index contributed by atoms with van der Waals surface area (Å²) in [5.74, 6) is 0. The maximum atomic E-state index is 5.05. The van der Waals surface area contributed by atoms with E-state index in [0.717, 1.165) is 13.2 Å². The number of methoxy groups -OCH3 is 1. The van der Waals surface area contributed by atoms with Crippen LogP contribution < -0.4 is 5.32 Å². The molecule has 15 heavy (non-hydrogen) atoms. The summed E-state index contributed by atoms with van der Waals surface area (Å²) in [4.78, 5) is 0. The number of benzene rings is 1. The van der Waals surface area contributed by atoms with Gasteiger partial charge in [0.05, 0.1) is 6.61 Å². The highest BCUT2D eigenvalue weighted by atomic mass is 16.5. The summed E-state index contributed by atoms with van der Waals surface area (Å²) in [5.41, 5.74) is 4.36. The molecular formula is C13H19NO. The third-order valence-corrected chi connectivity index (χ3v) is 3.08. The van der Waals surface area contributed by atoms with Crippen molar-refractivity contribution in [1.82, 2.24) is 5.32 Å². The number of hydrogen-bond acceptors (Lipinski definition) is 2. The number of hydrogen-bond donors (Lipinski definition) is 1. The lowest BCUT2D eigenvalue weighted by Gasteiger charge is -2.14. The van der Waals surface area contributed by atoms with Crippen LogP contribution >= 0.6 is 0 Å². The molecule has 1 aliphatic rings. The topological polar surface area (TPSA) is 21.3 Å². The van der Waals surface area contributed by atoms with Gasteiger partial charge in [-0.25, -0.2) is 0 Å². The van der Waals surface area contributed by atoms with Gasteiger partial charge in [0.2, 0.25) is 0 Å². The van der Waals surface area contributed by atoms with Crippen molar-refractivity contribution in [2.45, 2.75) is 25.8 Å². The minimum absolute atomic E-state index is 0.537. The van der Waals surface area contributed by atoms with Gasteiger partial charge >= 0.3 is 0 Å². The van der Waals surface area contributed by atoms with Gasteiger partial charge in [-0.15, -0.1) is 0 Å². The Morgan fingerprint density at radius 2 is 2.33 bits per heavy atom. The third kappa shape index (κ3) is 2.39. The Morgan fingerprint density at radius 3 is 3.13 bits per heavy atom. The van der Waals surface area contributed by atoms with Crippen molar-refractivity contribution in [3.05, 3.63) is 34.9 Å². The second-order valence-corrected chi connectivity index (χ2v) is 4.24. The first-order valence-corrected chi connectivity index (χ1v) is 5.63. The molecule has 0 saturated carbocycles. The molecule has 1 aliphatic carbocycles. The zero-order valence-corrected chi connectivity index (χ0v) is 9.55. The number of rotatable bonds is 4. The maximum Gasteiger partial charge on any atom is 0.0587 e. The molecule has 0 unspecified atom stereocenters. The van der Waals surface area contributed by atoms with Gasteiger partial charge in [-0.1, -0.05) is 23.8 Å². The fourth-order valence-corrected chi connectivity index (χ4v) is 2.27. The van der Waals surface area contributed by atoms with E-state index in [2.05, 4.69) is 30.4 Å². The highest BCUT2D eigenvalue weighted by Crippen LogP contribution is 2.31. The lowest BCUT2D eigenvalue weighted by atomic mass is 10.1. The highest BCUT2D eigenvalue weighted by molar-refractivity contribution is 5.37. The van der Waals surface area contributed by atoms with Crippen LogP contribution in [-0.2, 0) is 11.2 Å². The van der Waals surface area contributed by atoms with Crippen LogP contribution in [0.25, 0.3) is 0 Å². The first-order chi connectivity index (χ1) is 7.31. The molecule has 82 valence electrons. The summed E-state index contributed by atoms with van der Waals surface area (Å²) in [7, 11) is 1.74. The minimum Gasteiger partial charge on any atom is -0.383 e. The van der Waals surface area contributed by atoms with Crippen molar-refractivity contribution < 1.29 is 4.74 Å². The van der Waals surface area contributed by atoms with Crippen LogP contribution in [0.2, 0.25) is 0 Å². The molecule has 0 aliphatic heterocycles. The molecule has 2 heteroatoms. The molecule has 1 atom stereocenters. The summed E-state index contributed by atoms with van der Waals surface area (Å²) < 4.78 is 5.05. The number of ether oxygens (including phenoxy) is 1. The lowest BCUT2D eigenvalue weighted by molar-refractivity contribution is 0.195. The fraction of sp³-hybridized carbons (Fsp3) is 0.538. The average molecular weight is 205 g/mol. The molecule has 1 aromatic rings. The van der Waals surface area contributed by atoms with Crippen LogP contribution in [0.15, 0.2) is 18.2 Å². The van der Waals surface area contributed by atoms with Gasteiger partial charge in [0, 0.05) is 19.7 Å². The van der Waals surface area contributed by atoms with Crippen LogP contribution in [0.5, 0.6) is 0 Å². The van der Waals surface area contributed by atoms with E-state index in [-0.39, 0.29) is 0 Å². The van der Waals surface area contributed by atoms with Crippen LogP contribution in [0.1, 0.15) is 29.2 Å². The Kier molecular flexibility index (Phi) is 3.39. The highest BCUT2D eigenvalue weighted by Gasteiger charge is 2.21. The van der Waals surface area contributed by atoms with Crippen LogP contribution in [-0.4, -0.2) is 20.3 Å². The largest absolute Gasteiger partial charge is 0.383 e. The Balaban J connectivity index is 2.03. The van der Waals surface area contributed by atoms with E-state index in [9.17, 15) is 0 Å². The van der Waals surface area contributed by atoms with E-state index in [1.165, 1.54) is 29.5 Å². The predicted octanol–water partition coefficient (Wildman–Crippen LogP) is 2.22. The second kappa shape index (κ2) is 4.77. The van der Waals surface area contributed by atoms with Crippen LogP contribution in [0, 0.1) is 6.92 Å². The molecule has 2 rings (SSSR count). The molecule has 1 aromatic carbocycles. The van der Waals surface area contributed by atoms with Crippen molar-refractivity contribution in [3.8, 4) is 0 Å².